The third kappa shape index (κ3) is 5.77. The number of hydrogen-bond acceptors (Lipinski definition) is 3. The summed E-state index contributed by atoms with van der Waals surface area (Å²) < 4.78 is 5.81. The number of nitrogens with one attached hydrogen (secondary N) is 1. The Morgan fingerprint density at radius 2 is 2.05 bits per heavy atom. The van der Waals surface area contributed by atoms with Crippen LogP contribution in [-0.2, 0) is 4.74 Å². The summed E-state index contributed by atoms with van der Waals surface area (Å²) in [6.45, 7) is 5.24. The van der Waals surface area contributed by atoms with E-state index < -0.39 is 6.10 Å². The van der Waals surface area contributed by atoms with E-state index in [0.717, 1.165) is 12.8 Å². The van der Waals surface area contributed by atoms with Gasteiger partial charge in [0.15, 0.2) is 0 Å². The van der Waals surface area contributed by atoms with Gasteiger partial charge in [-0.25, -0.2) is 0 Å². The number of aryl methyl sites for hydroxylation is 1. The first kappa shape index (κ1) is 16.5. The Balaban J connectivity index is 1.67. The molecule has 0 radical (unpaired) electrons. The smallest absolute Gasteiger partial charge is 0.0898 e. The molecule has 1 aromatic rings. The minimum atomic E-state index is -0.431. The van der Waals surface area contributed by atoms with Crippen LogP contribution in [-0.4, -0.2) is 30.5 Å². The third-order valence-electron chi connectivity index (χ3n) is 4.28. The Labute approximate surface area is 128 Å². The number of benzene rings is 1. The molecule has 0 aliphatic heterocycles. The fourth-order valence-corrected chi connectivity index (χ4v) is 2.91. The molecule has 0 saturated heterocycles. The first-order valence-corrected chi connectivity index (χ1v) is 8.25. The molecule has 118 valence electrons. The summed E-state index contributed by atoms with van der Waals surface area (Å²) in [5.41, 5.74) is 2.53. The lowest BCUT2D eigenvalue weighted by atomic mass is 9.98. The largest absolute Gasteiger partial charge is 0.389 e. The number of ether oxygens (including phenoxy) is 1. The van der Waals surface area contributed by atoms with E-state index in [2.05, 4.69) is 43.4 Å². The lowest BCUT2D eigenvalue weighted by Crippen LogP contribution is -2.33. The van der Waals surface area contributed by atoms with Crippen molar-refractivity contribution in [3.05, 3.63) is 35.4 Å². The fraction of sp³-hybridized carbons (Fsp3) is 0.667. The van der Waals surface area contributed by atoms with Crippen molar-refractivity contribution in [1.29, 1.82) is 0 Å². The highest BCUT2D eigenvalue weighted by Crippen LogP contribution is 2.20. The van der Waals surface area contributed by atoms with Gasteiger partial charge in [-0.1, -0.05) is 49.1 Å². The van der Waals surface area contributed by atoms with E-state index in [1.165, 1.54) is 30.4 Å². The second-order valence-corrected chi connectivity index (χ2v) is 6.29. The SMILES string of the molecule is Cc1cccc([C@H](C)NCC(O)COC2CCCCC2)c1. The van der Waals surface area contributed by atoms with E-state index in [1.807, 2.05) is 0 Å². The second-order valence-electron chi connectivity index (χ2n) is 6.29. The quantitative estimate of drug-likeness (QED) is 0.809. The summed E-state index contributed by atoms with van der Waals surface area (Å²) in [5.74, 6) is 0. The van der Waals surface area contributed by atoms with Crippen LogP contribution in [0, 0.1) is 6.92 Å². The van der Waals surface area contributed by atoms with Gasteiger partial charge in [0.2, 0.25) is 0 Å². The standard InChI is InChI=1S/C18H29NO2/c1-14-7-6-8-16(11-14)15(2)19-12-17(20)13-21-18-9-4-3-5-10-18/h6-8,11,15,17-20H,3-5,9-10,12-13H2,1-2H3/t15-,17?/m0/s1. The van der Waals surface area contributed by atoms with Crippen LogP contribution in [0.2, 0.25) is 0 Å². The maximum absolute atomic E-state index is 10.0. The Bertz CT molecular complexity index is 415. The van der Waals surface area contributed by atoms with Gasteiger partial charge in [0, 0.05) is 12.6 Å². The molecule has 21 heavy (non-hydrogen) atoms. The molecule has 0 amide bonds. The number of rotatable bonds is 7. The molecule has 2 rings (SSSR count). The highest BCUT2D eigenvalue weighted by molar-refractivity contribution is 5.24. The molecule has 1 aliphatic rings. The molecule has 3 nitrogen and oxygen atoms in total. The predicted molar refractivity (Wildman–Crippen MR) is 86.4 cm³/mol. The van der Waals surface area contributed by atoms with Crippen LogP contribution in [0.1, 0.15) is 56.2 Å². The summed E-state index contributed by atoms with van der Waals surface area (Å²) in [6, 6.07) is 8.72. The number of aliphatic hydroxyl groups is 1. The molecule has 2 N–H and O–H groups in total. The van der Waals surface area contributed by atoms with Gasteiger partial charge in [0.05, 0.1) is 18.8 Å². The van der Waals surface area contributed by atoms with Gasteiger partial charge in [-0.15, -0.1) is 0 Å². The van der Waals surface area contributed by atoms with Gasteiger partial charge in [-0.2, -0.15) is 0 Å². The van der Waals surface area contributed by atoms with Crippen LogP contribution >= 0.6 is 0 Å². The van der Waals surface area contributed by atoms with Gasteiger partial charge < -0.3 is 15.2 Å². The third-order valence-corrected chi connectivity index (χ3v) is 4.28. The van der Waals surface area contributed by atoms with Gasteiger partial charge in [0.1, 0.15) is 0 Å². The first-order valence-electron chi connectivity index (χ1n) is 8.25. The molecule has 3 heteroatoms. The Morgan fingerprint density at radius 1 is 1.29 bits per heavy atom. The number of aliphatic hydroxyl groups excluding tert-OH is 1. The van der Waals surface area contributed by atoms with Crippen molar-refractivity contribution >= 4 is 0 Å². The van der Waals surface area contributed by atoms with Crippen LogP contribution in [0.15, 0.2) is 24.3 Å². The Morgan fingerprint density at radius 3 is 2.76 bits per heavy atom. The average Bonchev–Trinajstić information content (AvgIpc) is 2.51. The summed E-state index contributed by atoms with van der Waals surface area (Å²) >= 11 is 0. The normalized spacial score (nSPS) is 19.4. The van der Waals surface area contributed by atoms with E-state index in [-0.39, 0.29) is 6.04 Å². The van der Waals surface area contributed by atoms with E-state index in [9.17, 15) is 5.11 Å². The lowest BCUT2D eigenvalue weighted by Gasteiger charge is -2.24. The monoisotopic (exact) mass is 291 g/mol. The summed E-state index contributed by atoms with van der Waals surface area (Å²) in [6.07, 6.45) is 6.10. The maximum atomic E-state index is 10.0. The van der Waals surface area contributed by atoms with Crippen LogP contribution in [0.5, 0.6) is 0 Å². The van der Waals surface area contributed by atoms with Crippen molar-refractivity contribution in [1.82, 2.24) is 5.32 Å². The van der Waals surface area contributed by atoms with Gasteiger partial charge in [-0.3, -0.25) is 0 Å². The van der Waals surface area contributed by atoms with Crippen LogP contribution in [0.3, 0.4) is 0 Å². The molecule has 1 unspecified atom stereocenters. The zero-order valence-corrected chi connectivity index (χ0v) is 13.3. The summed E-state index contributed by atoms with van der Waals surface area (Å²) in [5, 5.41) is 13.4. The molecule has 0 aromatic heterocycles. The minimum Gasteiger partial charge on any atom is -0.389 e. The van der Waals surface area contributed by atoms with Crippen LogP contribution in [0.25, 0.3) is 0 Å². The second kappa shape index (κ2) is 8.52. The molecule has 2 atom stereocenters. The Hall–Kier alpha value is -0.900. The highest BCUT2D eigenvalue weighted by Gasteiger charge is 2.16. The summed E-state index contributed by atoms with van der Waals surface area (Å²) in [4.78, 5) is 0. The molecule has 1 saturated carbocycles. The molecule has 1 aliphatic carbocycles. The van der Waals surface area contributed by atoms with Crippen molar-refractivity contribution in [2.24, 2.45) is 0 Å². The fourth-order valence-electron chi connectivity index (χ4n) is 2.91. The lowest BCUT2D eigenvalue weighted by molar-refractivity contribution is -0.0235. The van der Waals surface area contributed by atoms with Gasteiger partial charge in [-0.05, 0) is 32.3 Å². The topological polar surface area (TPSA) is 41.5 Å². The minimum absolute atomic E-state index is 0.245. The van der Waals surface area contributed by atoms with Crippen molar-refractivity contribution in [2.75, 3.05) is 13.2 Å². The van der Waals surface area contributed by atoms with Crippen molar-refractivity contribution in [3.63, 3.8) is 0 Å². The average molecular weight is 291 g/mol. The molecule has 0 bridgehead atoms. The van der Waals surface area contributed by atoms with Crippen LogP contribution < -0.4 is 5.32 Å². The molecular weight excluding hydrogens is 262 g/mol. The van der Waals surface area contributed by atoms with E-state index in [0.29, 0.717) is 19.3 Å². The van der Waals surface area contributed by atoms with Crippen LogP contribution in [0.4, 0.5) is 0 Å². The maximum Gasteiger partial charge on any atom is 0.0898 e. The molecule has 1 aromatic carbocycles. The molecular formula is C18H29NO2. The molecule has 0 heterocycles. The number of hydrogen-bond donors (Lipinski definition) is 2. The molecule has 1 fully saturated rings. The molecule has 0 spiro atoms. The zero-order chi connectivity index (χ0) is 15.1. The van der Waals surface area contributed by atoms with Crippen molar-refractivity contribution in [3.8, 4) is 0 Å². The van der Waals surface area contributed by atoms with E-state index in [1.54, 1.807) is 0 Å². The Kier molecular flexibility index (Phi) is 6.68. The van der Waals surface area contributed by atoms with Crippen molar-refractivity contribution < 1.29 is 9.84 Å². The van der Waals surface area contributed by atoms with E-state index >= 15 is 0 Å². The predicted octanol–water partition coefficient (Wildman–Crippen LogP) is 3.36. The van der Waals surface area contributed by atoms with Gasteiger partial charge in [0.25, 0.3) is 0 Å². The van der Waals surface area contributed by atoms with Crippen molar-refractivity contribution in [2.45, 2.75) is 64.2 Å². The summed E-state index contributed by atoms with van der Waals surface area (Å²) in [7, 11) is 0. The zero-order valence-electron chi connectivity index (χ0n) is 13.3. The van der Waals surface area contributed by atoms with E-state index in [4.69, 9.17) is 4.74 Å². The van der Waals surface area contributed by atoms with Gasteiger partial charge >= 0.3 is 0 Å². The highest BCUT2D eigenvalue weighted by atomic mass is 16.5. The first-order chi connectivity index (χ1) is 10.1.